The minimum Gasteiger partial charge on any atom is -0.497 e. The molecule has 2 aromatic carbocycles. The van der Waals surface area contributed by atoms with Gasteiger partial charge in [0.25, 0.3) is 0 Å². The maximum atomic E-state index is 12.3. The molecule has 0 bridgehead atoms. The second kappa shape index (κ2) is 10.6. The summed E-state index contributed by atoms with van der Waals surface area (Å²) in [6.07, 6.45) is 1.04. The van der Waals surface area contributed by atoms with Crippen molar-refractivity contribution in [1.29, 1.82) is 0 Å². The Bertz CT molecular complexity index is 936. The number of carbonyl (C=O) groups excluding carboxylic acids is 1. The third-order valence-corrected chi connectivity index (χ3v) is 6.24. The summed E-state index contributed by atoms with van der Waals surface area (Å²) < 4.78 is 36.0. The first-order chi connectivity index (χ1) is 13.7. The van der Waals surface area contributed by atoms with Crippen LogP contribution < -0.4 is 19.1 Å². The first-order valence-electron chi connectivity index (χ1n) is 8.59. The molecule has 1 amide bonds. The normalized spacial score (nSPS) is 11.0. The molecule has 0 aliphatic heterocycles. The number of ether oxygens (including phenoxy) is 2. The molecule has 0 unspecified atom stereocenters. The van der Waals surface area contributed by atoms with Gasteiger partial charge in [0, 0.05) is 28.3 Å². The number of benzene rings is 2. The Morgan fingerprint density at radius 1 is 1.14 bits per heavy atom. The highest BCUT2D eigenvalue weighted by Crippen LogP contribution is 2.33. The van der Waals surface area contributed by atoms with Crippen molar-refractivity contribution in [2.24, 2.45) is 0 Å². The number of sulfonamides is 1. The van der Waals surface area contributed by atoms with E-state index in [1.54, 1.807) is 42.1 Å². The quantitative estimate of drug-likeness (QED) is 0.435. The van der Waals surface area contributed by atoms with E-state index in [0.717, 1.165) is 15.5 Å². The van der Waals surface area contributed by atoms with Crippen LogP contribution in [0.2, 0.25) is 5.02 Å². The van der Waals surface area contributed by atoms with Crippen molar-refractivity contribution in [3.05, 3.63) is 47.5 Å². The highest BCUT2D eigenvalue weighted by atomic mass is 35.5. The summed E-state index contributed by atoms with van der Waals surface area (Å²) in [5, 5.41) is 3.40. The van der Waals surface area contributed by atoms with Gasteiger partial charge in [0.1, 0.15) is 18.0 Å². The molecule has 0 aromatic heterocycles. The molecule has 0 saturated carbocycles. The molecule has 2 rings (SSSR count). The summed E-state index contributed by atoms with van der Waals surface area (Å²) in [5.41, 5.74) is 0.265. The zero-order chi connectivity index (χ0) is 21.4. The van der Waals surface area contributed by atoms with Gasteiger partial charge in [0.15, 0.2) is 0 Å². The van der Waals surface area contributed by atoms with Gasteiger partial charge in [-0.05, 0) is 36.4 Å². The lowest BCUT2D eigenvalue weighted by Gasteiger charge is -2.24. The van der Waals surface area contributed by atoms with Crippen molar-refractivity contribution in [3.8, 4) is 11.5 Å². The minimum atomic E-state index is -3.71. The van der Waals surface area contributed by atoms with E-state index < -0.39 is 15.9 Å². The molecule has 0 radical (unpaired) electrons. The van der Waals surface area contributed by atoms with E-state index in [2.05, 4.69) is 5.32 Å². The van der Waals surface area contributed by atoms with E-state index in [4.69, 9.17) is 21.1 Å². The van der Waals surface area contributed by atoms with Crippen molar-refractivity contribution in [2.75, 3.05) is 43.6 Å². The second-order valence-corrected chi connectivity index (χ2v) is 9.47. The smallest absolute Gasteiger partial charge is 0.240 e. The molecule has 10 heteroatoms. The van der Waals surface area contributed by atoms with Crippen molar-refractivity contribution < 1.29 is 22.7 Å². The number of anilines is 1. The Morgan fingerprint density at radius 3 is 2.41 bits per heavy atom. The molecule has 0 spiro atoms. The van der Waals surface area contributed by atoms with Crippen molar-refractivity contribution in [3.63, 3.8) is 0 Å². The van der Waals surface area contributed by atoms with Gasteiger partial charge >= 0.3 is 0 Å². The average Bonchev–Trinajstić information content (AvgIpc) is 2.69. The van der Waals surface area contributed by atoms with Crippen LogP contribution in [0.25, 0.3) is 0 Å². The van der Waals surface area contributed by atoms with E-state index in [1.165, 1.54) is 14.2 Å². The van der Waals surface area contributed by atoms with Crippen molar-refractivity contribution >= 4 is 45.0 Å². The summed E-state index contributed by atoms with van der Waals surface area (Å²) in [7, 11) is -0.787. The number of hydrogen-bond donors (Lipinski definition) is 1. The summed E-state index contributed by atoms with van der Waals surface area (Å²) in [6, 6.07) is 12.1. The molecule has 1 N–H and O–H groups in total. The van der Waals surface area contributed by atoms with E-state index >= 15 is 0 Å². The molecule has 0 saturated heterocycles. The first kappa shape index (κ1) is 23.2. The molecule has 158 valence electrons. The highest BCUT2D eigenvalue weighted by Gasteiger charge is 2.24. The number of rotatable bonds is 10. The standard InChI is InChI=1S/C19H23ClN2O5S2/c1-26-15-6-9-17(18(12-15)27-2)22(29(3,24)25)13-19(23)21-10-11-28-16-7-4-14(20)5-8-16/h4-9,12H,10-11,13H2,1-3H3,(H,21,23). The van der Waals surface area contributed by atoms with Gasteiger partial charge in [-0.1, -0.05) is 11.6 Å². The fourth-order valence-electron chi connectivity index (χ4n) is 2.45. The maximum absolute atomic E-state index is 12.3. The number of halogens is 1. The van der Waals surface area contributed by atoms with E-state index in [-0.39, 0.29) is 12.2 Å². The molecule has 0 fully saturated rings. The van der Waals surface area contributed by atoms with Crippen LogP contribution in [0.5, 0.6) is 11.5 Å². The monoisotopic (exact) mass is 458 g/mol. The second-order valence-electron chi connectivity index (χ2n) is 5.96. The van der Waals surface area contributed by atoms with Gasteiger partial charge in [-0.25, -0.2) is 8.42 Å². The number of amides is 1. The minimum absolute atomic E-state index is 0.265. The molecular formula is C19H23ClN2O5S2. The fraction of sp³-hybridized carbons (Fsp3) is 0.316. The maximum Gasteiger partial charge on any atom is 0.240 e. The predicted octanol–water partition coefficient (Wildman–Crippen LogP) is 3.03. The van der Waals surface area contributed by atoms with Gasteiger partial charge in [-0.2, -0.15) is 0 Å². The van der Waals surface area contributed by atoms with Gasteiger partial charge in [-0.3, -0.25) is 9.10 Å². The lowest BCUT2D eigenvalue weighted by molar-refractivity contribution is -0.119. The highest BCUT2D eigenvalue weighted by molar-refractivity contribution is 7.99. The number of methoxy groups -OCH3 is 2. The van der Waals surface area contributed by atoms with Gasteiger partial charge in [0.05, 0.1) is 26.2 Å². The molecule has 7 nitrogen and oxygen atoms in total. The van der Waals surface area contributed by atoms with E-state index in [0.29, 0.717) is 28.8 Å². The topological polar surface area (TPSA) is 84.9 Å². The Morgan fingerprint density at radius 2 is 1.83 bits per heavy atom. The van der Waals surface area contributed by atoms with Gasteiger partial charge < -0.3 is 14.8 Å². The van der Waals surface area contributed by atoms with Crippen LogP contribution in [-0.4, -0.2) is 53.6 Å². The van der Waals surface area contributed by atoms with Crippen LogP contribution in [0.1, 0.15) is 0 Å². The van der Waals surface area contributed by atoms with Gasteiger partial charge in [-0.15, -0.1) is 11.8 Å². The van der Waals surface area contributed by atoms with E-state index in [1.807, 2.05) is 12.1 Å². The average molecular weight is 459 g/mol. The molecule has 0 aliphatic carbocycles. The van der Waals surface area contributed by atoms with Crippen LogP contribution in [-0.2, 0) is 14.8 Å². The van der Waals surface area contributed by atoms with Crippen LogP contribution in [0.3, 0.4) is 0 Å². The molecule has 0 atom stereocenters. The molecule has 29 heavy (non-hydrogen) atoms. The number of hydrogen-bond acceptors (Lipinski definition) is 6. The lowest BCUT2D eigenvalue weighted by atomic mass is 10.2. The molecule has 0 aliphatic rings. The van der Waals surface area contributed by atoms with Gasteiger partial charge in [0.2, 0.25) is 15.9 Å². The Balaban J connectivity index is 1.99. The Labute approximate surface area is 180 Å². The largest absolute Gasteiger partial charge is 0.497 e. The van der Waals surface area contributed by atoms with Crippen molar-refractivity contribution in [2.45, 2.75) is 4.90 Å². The number of nitrogens with zero attached hydrogens (tertiary/aromatic N) is 1. The Hall–Kier alpha value is -2.10. The fourth-order valence-corrected chi connectivity index (χ4v) is 4.20. The summed E-state index contributed by atoms with van der Waals surface area (Å²) in [4.78, 5) is 13.4. The van der Waals surface area contributed by atoms with Crippen molar-refractivity contribution in [1.82, 2.24) is 5.32 Å². The van der Waals surface area contributed by atoms with Crippen LogP contribution in [0.15, 0.2) is 47.4 Å². The summed E-state index contributed by atoms with van der Waals surface area (Å²) in [5.74, 6) is 1.03. The number of carbonyl (C=O) groups is 1. The SMILES string of the molecule is COc1ccc(N(CC(=O)NCCSc2ccc(Cl)cc2)S(C)(=O)=O)c(OC)c1. The molecular weight excluding hydrogens is 436 g/mol. The molecule has 0 heterocycles. The zero-order valence-electron chi connectivity index (χ0n) is 16.3. The van der Waals surface area contributed by atoms with Crippen LogP contribution >= 0.6 is 23.4 Å². The predicted molar refractivity (Wildman–Crippen MR) is 117 cm³/mol. The van der Waals surface area contributed by atoms with Crippen LogP contribution in [0.4, 0.5) is 5.69 Å². The van der Waals surface area contributed by atoms with E-state index in [9.17, 15) is 13.2 Å². The Kier molecular flexibility index (Phi) is 8.48. The summed E-state index contributed by atoms with van der Waals surface area (Å²) >= 11 is 7.42. The van der Waals surface area contributed by atoms with Crippen LogP contribution in [0, 0.1) is 0 Å². The summed E-state index contributed by atoms with van der Waals surface area (Å²) in [6.45, 7) is 0.0383. The third kappa shape index (κ3) is 7.02. The number of nitrogens with one attached hydrogen (secondary N) is 1. The lowest BCUT2D eigenvalue weighted by Crippen LogP contribution is -2.41. The zero-order valence-corrected chi connectivity index (χ0v) is 18.7. The molecule has 2 aromatic rings. The third-order valence-electron chi connectivity index (χ3n) is 3.85. The first-order valence-corrected chi connectivity index (χ1v) is 11.8. The number of thioether (sulfide) groups is 1.